The Bertz CT molecular complexity index is 1720. The second kappa shape index (κ2) is 8.65. The molecule has 3 aliphatic heterocycles. The van der Waals surface area contributed by atoms with E-state index in [1.54, 1.807) is 24.3 Å². The Morgan fingerprint density at radius 1 is 0.925 bits per heavy atom. The maximum atomic E-state index is 14.1. The van der Waals surface area contributed by atoms with Crippen molar-refractivity contribution in [3.8, 4) is 17.2 Å². The van der Waals surface area contributed by atoms with Gasteiger partial charge in [0.1, 0.15) is 5.75 Å². The highest BCUT2D eigenvalue weighted by Gasteiger charge is 2.60. The first-order valence-electron chi connectivity index (χ1n) is 12.5. The fourth-order valence-electron chi connectivity index (χ4n) is 6.14. The number of ether oxygens (including phenoxy) is 3. The molecule has 10 nitrogen and oxygen atoms in total. The molecule has 0 saturated carbocycles. The van der Waals surface area contributed by atoms with Gasteiger partial charge in [-0.25, -0.2) is 4.90 Å². The van der Waals surface area contributed by atoms with Crippen LogP contribution >= 0.6 is 11.6 Å². The zero-order chi connectivity index (χ0) is 27.9. The lowest BCUT2D eigenvalue weighted by Gasteiger charge is -2.38. The highest BCUT2D eigenvalue weighted by atomic mass is 35.5. The average molecular weight is 559 g/mol. The van der Waals surface area contributed by atoms with E-state index in [2.05, 4.69) is 0 Å². The molecule has 3 aromatic carbocycles. The lowest BCUT2D eigenvalue weighted by Crippen LogP contribution is -2.42. The number of carbonyl (C=O) groups is 3. The number of nitro groups is 1. The van der Waals surface area contributed by atoms with Crippen molar-refractivity contribution in [3.05, 3.63) is 92.5 Å². The Labute approximate surface area is 231 Å². The lowest BCUT2D eigenvalue weighted by atomic mass is 9.64. The third kappa shape index (κ3) is 3.45. The van der Waals surface area contributed by atoms with Gasteiger partial charge in [-0.15, -0.1) is 0 Å². The summed E-state index contributed by atoms with van der Waals surface area (Å²) in [4.78, 5) is 53.4. The first-order valence-corrected chi connectivity index (χ1v) is 12.9. The summed E-state index contributed by atoms with van der Waals surface area (Å²) in [7, 11) is 0. The third-order valence-corrected chi connectivity index (χ3v) is 8.23. The number of aryl methyl sites for hydroxylation is 1. The van der Waals surface area contributed by atoms with Crippen LogP contribution in [-0.2, 0) is 14.4 Å². The van der Waals surface area contributed by atoms with Crippen LogP contribution < -0.4 is 19.1 Å². The predicted octanol–water partition coefficient (Wildman–Crippen LogP) is 4.81. The van der Waals surface area contributed by atoms with E-state index in [4.69, 9.17) is 25.8 Å². The molecule has 4 aliphatic rings. The number of esters is 1. The molecule has 0 spiro atoms. The van der Waals surface area contributed by atoms with Gasteiger partial charge in [-0.3, -0.25) is 24.5 Å². The van der Waals surface area contributed by atoms with Crippen LogP contribution in [0.1, 0.15) is 22.6 Å². The second-order valence-corrected chi connectivity index (χ2v) is 10.5. The standard InChI is InChI=1S/C29H19ClN2O8/c1-13-2-5-16-18-11-17(14-3-7-21-23(9-14)39-12-38-21)24-26(25(18)29(35)40-22(16)8-13)28(34)31(27(24)33)20-10-15(32(36)37)4-6-19(20)30/h2-11,17,24-26H,12H2,1H3/t17-,24+,25-,26+/m1/s1. The molecule has 0 aromatic heterocycles. The Balaban J connectivity index is 1.42. The molecule has 2 amide bonds. The minimum absolute atomic E-state index is 0.00852. The molecule has 0 bridgehead atoms. The third-order valence-electron chi connectivity index (χ3n) is 7.91. The van der Waals surface area contributed by atoms with Crippen molar-refractivity contribution in [2.24, 2.45) is 17.8 Å². The van der Waals surface area contributed by atoms with E-state index in [0.29, 0.717) is 33.9 Å². The molecular formula is C29H19ClN2O8. The largest absolute Gasteiger partial charge is 0.454 e. The van der Waals surface area contributed by atoms with E-state index in [1.807, 2.05) is 25.1 Å². The van der Waals surface area contributed by atoms with E-state index in [-0.39, 0.29) is 23.2 Å². The monoisotopic (exact) mass is 558 g/mol. The number of non-ortho nitro benzene ring substituents is 1. The van der Waals surface area contributed by atoms with Crippen LogP contribution in [0.2, 0.25) is 5.02 Å². The molecular weight excluding hydrogens is 540 g/mol. The topological polar surface area (TPSA) is 125 Å². The van der Waals surface area contributed by atoms with Gasteiger partial charge in [0.15, 0.2) is 11.5 Å². The Morgan fingerprint density at radius 3 is 2.50 bits per heavy atom. The summed E-state index contributed by atoms with van der Waals surface area (Å²) < 4.78 is 16.7. The molecule has 3 aromatic rings. The number of nitrogens with zero attached hydrogens (tertiary/aromatic N) is 2. The van der Waals surface area contributed by atoms with E-state index < -0.39 is 46.4 Å². The van der Waals surface area contributed by atoms with Gasteiger partial charge >= 0.3 is 5.97 Å². The fourth-order valence-corrected chi connectivity index (χ4v) is 6.34. The van der Waals surface area contributed by atoms with Crippen molar-refractivity contribution in [1.82, 2.24) is 0 Å². The molecule has 40 heavy (non-hydrogen) atoms. The number of carbonyl (C=O) groups excluding carboxylic acids is 3. The van der Waals surface area contributed by atoms with E-state index in [1.165, 1.54) is 12.1 Å². The molecule has 0 radical (unpaired) electrons. The van der Waals surface area contributed by atoms with Crippen LogP contribution in [0.4, 0.5) is 11.4 Å². The highest BCUT2D eigenvalue weighted by molar-refractivity contribution is 6.36. The number of hydrogen-bond acceptors (Lipinski definition) is 8. The SMILES string of the molecule is Cc1ccc2c(c1)OC(=O)[C@@H]1C2=C[C@H](c2ccc3c(c2)OCO3)[C@@H]2C(=O)N(c3cc([N+](=O)[O-])ccc3Cl)C(=O)[C@H]12. The molecule has 7 rings (SSSR count). The Hall–Kier alpha value is -4.70. The average Bonchev–Trinajstić information content (AvgIpc) is 3.50. The number of nitro benzene ring substituents is 1. The molecule has 200 valence electrons. The number of anilines is 1. The van der Waals surface area contributed by atoms with Gasteiger partial charge in [-0.1, -0.05) is 35.9 Å². The summed E-state index contributed by atoms with van der Waals surface area (Å²) in [5, 5.41) is 11.5. The Morgan fingerprint density at radius 2 is 1.70 bits per heavy atom. The maximum absolute atomic E-state index is 14.1. The van der Waals surface area contributed by atoms with Gasteiger partial charge in [0.2, 0.25) is 18.6 Å². The molecule has 11 heteroatoms. The minimum atomic E-state index is -1.12. The zero-order valence-electron chi connectivity index (χ0n) is 20.8. The predicted molar refractivity (Wildman–Crippen MR) is 141 cm³/mol. The number of imide groups is 1. The highest BCUT2D eigenvalue weighted by Crippen LogP contribution is 2.55. The summed E-state index contributed by atoms with van der Waals surface area (Å²) in [6, 6.07) is 14.3. The molecule has 1 saturated heterocycles. The van der Waals surface area contributed by atoms with Crippen molar-refractivity contribution >= 4 is 46.3 Å². The van der Waals surface area contributed by atoms with Crippen LogP contribution in [0.3, 0.4) is 0 Å². The lowest BCUT2D eigenvalue weighted by molar-refractivity contribution is -0.384. The number of benzene rings is 3. The molecule has 4 atom stereocenters. The summed E-state index contributed by atoms with van der Waals surface area (Å²) >= 11 is 6.37. The van der Waals surface area contributed by atoms with Crippen LogP contribution in [0.5, 0.6) is 17.2 Å². The van der Waals surface area contributed by atoms with Crippen molar-refractivity contribution in [3.63, 3.8) is 0 Å². The fraction of sp³-hybridized carbons (Fsp3) is 0.207. The van der Waals surface area contributed by atoms with Crippen molar-refractivity contribution in [1.29, 1.82) is 0 Å². The first kappa shape index (κ1) is 24.3. The summed E-state index contributed by atoms with van der Waals surface area (Å²) in [5.41, 5.74) is 2.39. The van der Waals surface area contributed by atoms with E-state index in [0.717, 1.165) is 16.5 Å². The number of fused-ring (bicyclic) bond motifs is 6. The number of allylic oxidation sites excluding steroid dienone is 1. The molecule has 1 fully saturated rings. The number of amides is 2. The van der Waals surface area contributed by atoms with Gasteiger partial charge in [0.05, 0.1) is 33.4 Å². The van der Waals surface area contributed by atoms with Gasteiger partial charge in [0, 0.05) is 23.6 Å². The van der Waals surface area contributed by atoms with Gasteiger partial charge < -0.3 is 14.2 Å². The first-order chi connectivity index (χ1) is 19.2. The molecule has 1 aliphatic carbocycles. The second-order valence-electron chi connectivity index (χ2n) is 10.1. The van der Waals surface area contributed by atoms with Gasteiger partial charge in [-0.2, -0.15) is 0 Å². The van der Waals surface area contributed by atoms with Crippen molar-refractivity contribution < 1.29 is 33.5 Å². The summed E-state index contributed by atoms with van der Waals surface area (Å²) in [5.74, 6) is -4.30. The maximum Gasteiger partial charge on any atom is 0.319 e. The molecule has 0 unspecified atom stereocenters. The van der Waals surface area contributed by atoms with Crippen LogP contribution in [0.15, 0.2) is 60.7 Å². The number of rotatable bonds is 3. The van der Waals surface area contributed by atoms with E-state index in [9.17, 15) is 24.5 Å². The van der Waals surface area contributed by atoms with Crippen molar-refractivity contribution in [2.45, 2.75) is 12.8 Å². The quantitative estimate of drug-likeness (QED) is 0.147. The number of hydrogen-bond donors (Lipinski definition) is 0. The normalized spacial score (nSPS) is 24.2. The van der Waals surface area contributed by atoms with E-state index >= 15 is 0 Å². The van der Waals surface area contributed by atoms with Crippen LogP contribution in [0, 0.1) is 34.8 Å². The summed E-state index contributed by atoms with van der Waals surface area (Å²) in [6.07, 6.45) is 1.85. The minimum Gasteiger partial charge on any atom is -0.454 e. The Kier molecular flexibility index (Phi) is 5.27. The zero-order valence-corrected chi connectivity index (χ0v) is 21.6. The van der Waals surface area contributed by atoms with Crippen LogP contribution in [0.25, 0.3) is 5.57 Å². The van der Waals surface area contributed by atoms with Crippen LogP contribution in [-0.4, -0.2) is 29.5 Å². The summed E-state index contributed by atoms with van der Waals surface area (Å²) in [6.45, 7) is 1.94. The number of halogens is 1. The molecule has 3 heterocycles. The van der Waals surface area contributed by atoms with Gasteiger partial charge in [-0.05, 0) is 47.9 Å². The smallest absolute Gasteiger partial charge is 0.319 e. The van der Waals surface area contributed by atoms with Gasteiger partial charge in [0.25, 0.3) is 5.69 Å². The van der Waals surface area contributed by atoms with Crippen molar-refractivity contribution in [2.75, 3.05) is 11.7 Å². The molecule has 0 N–H and O–H groups in total.